The number of halogens is 2. The normalized spacial score (nSPS) is 15.4. The number of hydrogen-bond acceptors (Lipinski definition) is 4. The fourth-order valence-electron chi connectivity index (χ4n) is 3.61. The molecule has 0 saturated carbocycles. The van der Waals surface area contributed by atoms with Crippen LogP contribution in [0.1, 0.15) is 33.4 Å². The van der Waals surface area contributed by atoms with Crippen LogP contribution in [0.25, 0.3) is 0 Å². The second kappa shape index (κ2) is 8.38. The van der Waals surface area contributed by atoms with E-state index in [2.05, 4.69) is 15.3 Å². The molecule has 2 aromatic carbocycles. The first-order valence-electron chi connectivity index (χ1n) is 9.22. The highest BCUT2D eigenvalue weighted by molar-refractivity contribution is 6.42. The molecule has 0 saturated heterocycles. The van der Waals surface area contributed by atoms with Crippen molar-refractivity contribution >= 4 is 40.9 Å². The predicted molar refractivity (Wildman–Crippen MR) is 114 cm³/mol. The summed E-state index contributed by atoms with van der Waals surface area (Å²) in [6.45, 7) is 0.426. The molecule has 4 rings (SSSR count). The quantitative estimate of drug-likeness (QED) is 0.573. The minimum atomic E-state index is -0.534. The Hall–Kier alpha value is -3.03. The van der Waals surface area contributed by atoms with Crippen molar-refractivity contribution in [1.29, 1.82) is 0 Å². The first-order chi connectivity index (χ1) is 14.5. The highest BCUT2D eigenvalue weighted by atomic mass is 35.5. The Morgan fingerprint density at radius 2 is 2.00 bits per heavy atom. The Balaban J connectivity index is 1.72. The van der Waals surface area contributed by atoms with Crippen molar-refractivity contribution in [3.8, 4) is 0 Å². The number of benzene rings is 2. The summed E-state index contributed by atoms with van der Waals surface area (Å²) in [4.78, 5) is 34.5. The van der Waals surface area contributed by atoms with Crippen molar-refractivity contribution in [2.45, 2.75) is 12.5 Å². The molecule has 154 valence electrons. The van der Waals surface area contributed by atoms with Gasteiger partial charge in [-0.2, -0.15) is 0 Å². The highest BCUT2D eigenvalue weighted by Crippen LogP contribution is 2.39. The van der Waals surface area contributed by atoms with Crippen molar-refractivity contribution < 1.29 is 14.3 Å². The molecule has 0 unspecified atom stereocenters. The predicted octanol–water partition coefficient (Wildman–Crippen LogP) is 4.68. The molecule has 2 N–H and O–H groups in total. The third-order valence-corrected chi connectivity index (χ3v) is 5.87. The summed E-state index contributed by atoms with van der Waals surface area (Å²) in [6.07, 6.45) is 2.21. The second-order valence-electron chi connectivity index (χ2n) is 6.72. The van der Waals surface area contributed by atoms with Crippen LogP contribution in [0, 0.1) is 0 Å². The maximum atomic E-state index is 13.3. The molecular weight excluding hydrogens is 427 g/mol. The van der Waals surface area contributed by atoms with Crippen LogP contribution < -0.4 is 5.32 Å². The third kappa shape index (κ3) is 3.62. The van der Waals surface area contributed by atoms with E-state index in [0.717, 1.165) is 5.69 Å². The third-order valence-electron chi connectivity index (χ3n) is 5.04. The van der Waals surface area contributed by atoms with Crippen LogP contribution in [-0.4, -0.2) is 40.5 Å². The smallest absolute Gasteiger partial charge is 0.339 e. The molecule has 9 heteroatoms. The van der Waals surface area contributed by atoms with E-state index in [0.29, 0.717) is 40.0 Å². The number of aromatic amines is 1. The zero-order valence-corrected chi connectivity index (χ0v) is 17.5. The summed E-state index contributed by atoms with van der Waals surface area (Å²) in [5, 5.41) is 3.59. The fourth-order valence-corrected chi connectivity index (χ4v) is 4.02. The standard InChI is InChI=1S/C21H18Cl2N4O3/c1-30-20(28)12-5-2-3-8-15(12)26-21(29)27-10-9-16-18(25-11-24-16)19(27)13-6-4-7-14(22)17(13)23/h2-8,11,19H,9-10H2,1H3,(H,24,25)(H,26,29)/t19-/m1/s1. The van der Waals surface area contributed by atoms with E-state index in [1.807, 2.05) is 6.07 Å². The van der Waals surface area contributed by atoms with Crippen LogP contribution in [0.3, 0.4) is 0 Å². The number of anilines is 1. The minimum Gasteiger partial charge on any atom is -0.465 e. The molecule has 2 amide bonds. The SMILES string of the molecule is COC(=O)c1ccccc1NC(=O)N1CCc2[nH]cnc2[C@H]1c1cccc(Cl)c1Cl. The zero-order valence-electron chi connectivity index (χ0n) is 16.0. The average molecular weight is 445 g/mol. The number of methoxy groups -OCH3 is 1. The molecule has 1 aromatic heterocycles. The molecule has 0 spiro atoms. The lowest BCUT2D eigenvalue weighted by molar-refractivity contribution is 0.0602. The minimum absolute atomic E-state index is 0.267. The molecule has 30 heavy (non-hydrogen) atoms. The molecule has 1 atom stereocenters. The van der Waals surface area contributed by atoms with E-state index in [4.69, 9.17) is 27.9 Å². The number of nitrogens with zero attached hydrogens (tertiary/aromatic N) is 2. The van der Waals surface area contributed by atoms with E-state index < -0.39 is 12.0 Å². The number of fused-ring (bicyclic) bond motifs is 1. The van der Waals surface area contributed by atoms with E-state index in [9.17, 15) is 9.59 Å². The van der Waals surface area contributed by atoms with E-state index >= 15 is 0 Å². The number of rotatable bonds is 3. The summed E-state index contributed by atoms with van der Waals surface area (Å²) in [5.41, 5.74) is 2.95. The van der Waals surface area contributed by atoms with E-state index in [1.54, 1.807) is 47.6 Å². The van der Waals surface area contributed by atoms with Crippen molar-refractivity contribution in [1.82, 2.24) is 14.9 Å². The molecule has 7 nitrogen and oxygen atoms in total. The van der Waals surface area contributed by atoms with Crippen LogP contribution in [0.2, 0.25) is 10.0 Å². The number of aromatic nitrogens is 2. The number of imidazole rings is 1. The Labute approximate surface area is 183 Å². The Kier molecular flexibility index (Phi) is 5.65. The maximum Gasteiger partial charge on any atom is 0.339 e. The number of amides is 2. The Morgan fingerprint density at radius 3 is 2.80 bits per heavy atom. The average Bonchev–Trinajstić information content (AvgIpc) is 3.24. The molecular formula is C21H18Cl2N4O3. The zero-order chi connectivity index (χ0) is 21.3. The van der Waals surface area contributed by atoms with Crippen molar-refractivity contribution in [2.75, 3.05) is 19.0 Å². The van der Waals surface area contributed by atoms with Crippen LogP contribution in [0.4, 0.5) is 10.5 Å². The van der Waals surface area contributed by atoms with Gasteiger partial charge in [0.1, 0.15) is 6.04 Å². The monoisotopic (exact) mass is 444 g/mol. The van der Waals surface area contributed by atoms with Gasteiger partial charge in [0.2, 0.25) is 0 Å². The van der Waals surface area contributed by atoms with Crippen LogP contribution >= 0.6 is 23.2 Å². The van der Waals surface area contributed by atoms with Gasteiger partial charge in [-0.1, -0.05) is 47.5 Å². The topological polar surface area (TPSA) is 87.3 Å². The van der Waals surface area contributed by atoms with Gasteiger partial charge in [0.05, 0.1) is 40.4 Å². The number of H-pyrrole nitrogens is 1. The van der Waals surface area contributed by atoms with E-state index in [1.165, 1.54) is 7.11 Å². The van der Waals surface area contributed by atoms with Gasteiger partial charge in [-0.05, 0) is 18.2 Å². The van der Waals surface area contributed by atoms with Crippen LogP contribution in [-0.2, 0) is 11.2 Å². The summed E-state index contributed by atoms with van der Waals surface area (Å²) in [5.74, 6) is -0.534. The lowest BCUT2D eigenvalue weighted by atomic mass is 9.96. The highest BCUT2D eigenvalue weighted by Gasteiger charge is 2.36. The van der Waals surface area contributed by atoms with Gasteiger partial charge in [-0.25, -0.2) is 14.6 Å². The molecule has 1 aliphatic heterocycles. The fraction of sp³-hybridized carbons (Fsp3) is 0.190. The van der Waals surface area contributed by atoms with Crippen molar-refractivity contribution in [2.24, 2.45) is 0 Å². The lowest BCUT2D eigenvalue weighted by Gasteiger charge is -2.35. The molecule has 0 radical (unpaired) electrons. The number of carbonyl (C=O) groups excluding carboxylic acids is 2. The van der Waals surface area contributed by atoms with Crippen molar-refractivity contribution in [3.05, 3.63) is 81.4 Å². The summed E-state index contributed by atoms with van der Waals surface area (Å²) >= 11 is 12.7. The number of para-hydroxylation sites is 1. The number of ether oxygens (including phenoxy) is 1. The molecule has 1 aliphatic rings. The maximum absolute atomic E-state index is 13.3. The number of nitrogens with one attached hydrogen (secondary N) is 2. The molecule has 0 aliphatic carbocycles. The second-order valence-corrected chi connectivity index (χ2v) is 7.51. The summed E-state index contributed by atoms with van der Waals surface area (Å²) in [6, 6.07) is 11.1. The van der Waals surface area contributed by atoms with Crippen LogP contribution in [0.15, 0.2) is 48.8 Å². The number of hydrogen-bond donors (Lipinski definition) is 2. The number of carbonyl (C=O) groups is 2. The van der Waals surface area contributed by atoms with Gasteiger partial charge in [-0.15, -0.1) is 0 Å². The summed E-state index contributed by atoms with van der Waals surface area (Å²) < 4.78 is 4.81. The molecule has 0 fully saturated rings. The largest absolute Gasteiger partial charge is 0.465 e. The van der Waals surface area contributed by atoms with Gasteiger partial charge in [0, 0.05) is 24.2 Å². The first kappa shape index (κ1) is 20.3. The van der Waals surface area contributed by atoms with Crippen molar-refractivity contribution in [3.63, 3.8) is 0 Å². The van der Waals surface area contributed by atoms with Gasteiger partial charge >= 0.3 is 12.0 Å². The van der Waals surface area contributed by atoms with E-state index in [-0.39, 0.29) is 11.6 Å². The number of urea groups is 1. The number of esters is 1. The van der Waals surface area contributed by atoms with Gasteiger partial charge in [0.15, 0.2) is 0 Å². The molecule has 0 bridgehead atoms. The first-order valence-corrected chi connectivity index (χ1v) is 9.98. The Bertz CT molecular complexity index is 1120. The lowest BCUT2D eigenvalue weighted by Crippen LogP contribution is -2.43. The van der Waals surface area contributed by atoms with Gasteiger partial charge in [0.25, 0.3) is 0 Å². The summed E-state index contributed by atoms with van der Waals surface area (Å²) in [7, 11) is 1.29. The Morgan fingerprint density at radius 1 is 1.20 bits per heavy atom. The van der Waals surface area contributed by atoms with Gasteiger partial charge < -0.3 is 19.9 Å². The van der Waals surface area contributed by atoms with Gasteiger partial charge in [-0.3, -0.25) is 0 Å². The molecule has 3 aromatic rings. The van der Waals surface area contributed by atoms with Crippen LogP contribution in [0.5, 0.6) is 0 Å². The molecule has 2 heterocycles.